The number of methoxy groups -OCH3 is 1. The first-order chi connectivity index (χ1) is 8.85. The topological polar surface area (TPSA) is 41.8 Å². The van der Waals surface area contributed by atoms with Crippen LogP contribution in [0.1, 0.15) is 11.1 Å². The minimum absolute atomic E-state index is 0.532. The molecule has 0 unspecified atom stereocenters. The number of hydrogen-bond donors (Lipinski definition) is 1. The van der Waals surface area contributed by atoms with Crippen LogP contribution in [0.25, 0.3) is 0 Å². The Hall–Kier alpha value is -2.29. The summed E-state index contributed by atoms with van der Waals surface area (Å²) >= 11 is 0. The predicted octanol–water partition coefficient (Wildman–Crippen LogP) is 3.12. The Labute approximate surface area is 106 Å². The Balaban J connectivity index is 2.27. The van der Waals surface area contributed by atoms with Gasteiger partial charge in [-0.15, -0.1) is 0 Å². The Morgan fingerprint density at radius 3 is 2.39 bits per heavy atom. The molecule has 0 aliphatic carbocycles. The third kappa shape index (κ3) is 2.69. The van der Waals surface area contributed by atoms with Crippen molar-refractivity contribution in [2.24, 2.45) is 5.16 Å². The third-order valence-corrected chi connectivity index (χ3v) is 2.78. The number of oxime groups is 1. The minimum Gasteiger partial charge on any atom is -0.496 e. The van der Waals surface area contributed by atoms with Gasteiger partial charge in [0, 0.05) is 12.0 Å². The molecule has 3 nitrogen and oxygen atoms in total. The van der Waals surface area contributed by atoms with E-state index in [1.165, 1.54) is 0 Å². The van der Waals surface area contributed by atoms with E-state index in [0.29, 0.717) is 12.1 Å². The lowest BCUT2D eigenvalue weighted by molar-refractivity contribution is 0.318. The highest BCUT2D eigenvalue weighted by molar-refractivity contribution is 6.01. The first-order valence-electron chi connectivity index (χ1n) is 5.73. The summed E-state index contributed by atoms with van der Waals surface area (Å²) in [6, 6.07) is 17.3. The molecule has 18 heavy (non-hydrogen) atoms. The second kappa shape index (κ2) is 5.87. The van der Waals surface area contributed by atoms with E-state index in [2.05, 4.69) is 5.16 Å². The lowest BCUT2D eigenvalue weighted by atomic mass is 10.0. The Kier molecular flexibility index (Phi) is 3.97. The molecule has 0 aliphatic rings. The molecule has 0 radical (unpaired) electrons. The predicted molar refractivity (Wildman–Crippen MR) is 71.5 cm³/mol. The average Bonchev–Trinajstić information content (AvgIpc) is 2.46. The minimum atomic E-state index is 0.532. The lowest BCUT2D eigenvalue weighted by Gasteiger charge is -2.09. The number of hydrogen-bond acceptors (Lipinski definition) is 3. The molecule has 3 heteroatoms. The van der Waals surface area contributed by atoms with Crippen LogP contribution in [0.2, 0.25) is 0 Å². The van der Waals surface area contributed by atoms with Crippen LogP contribution < -0.4 is 4.74 Å². The lowest BCUT2D eigenvalue weighted by Crippen LogP contribution is -2.06. The quantitative estimate of drug-likeness (QED) is 0.507. The molecule has 0 amide bonds. The van der Waals surface area contributed by atoms with E-state index in [1.807, 2.05) is 54.6 Å². The molecule has 2 aromatic rings. The summed E-state index contributed by atoms with van der Waals surface area (Å²) in [5, 5.41) is 12.5. The van der Waals surface area contributed by atoms with Crippen molar-refractivity contribution >= 4 is 5.71 Å². The third-order valence-electron chi connectivity index (χ3n) is 2.78. The van der Waals surface area contributed by atoms with Gasteiger partial charge in [-0.1, -0.05) is 53.7 Å². The zero-order valence-electron chi connectivity index (χ0n) is 10.2. The summed E-state index contributed by atoms with van der Waals surface area (Å²) < 4.78 is 5.29. The van der Waals surface area contributed by atoms with Crippen LogP contribution in [0, 0.1) is 0 Å². The molecule has 0 fully saturated rings. The monoisotopic (exact) mass is 241 g/mol. The zero-order chi connectivity index (χ0) is 12.8. The van der Waals surface area contributed by atoms with E-state index in [0.717, 1.165) is 16.9 Å². The largest absolute Gasteiger partial charge is 0.496 e. The van der Waals surface area contributed by atoms with Gasteiger partial charge in [0.05, 0.1) is 12.8 Å². The number of ether oxygens (including phenoxy) is 1. The molecule has 92 valence electrons. The van der Waals surface area contributed by atoms with Crippen LogP contribution in [0.15, 0.2) is 59.8 Å². The highest BCUT2D eigenvalue weighted by Crippen LogP contribution is 2.19. The molecule has 0 aliphatic heterocycles. The molecule has 0 spiro atoms. The normalized spacial score (nSPS) is 11.3. The summed E-state index contributed by atoms with van der Waals surface area (Å²) in [7, 11) is 1.64. The second-order valence-corrected chi connectivity index (χ2v) is 3.90. The SMILES string of the molecule is COc1ccccc1CC(=NO)c1ccccc1. The van der Waals surface area contributed by atoms with Crippen LogP contribution in [0.3, 0.4) is 0 Å². The van der Waals surface area contributed by atoms with E-state index >= 15 is 0 Å². The van der Waals surface area contributed by atoms with Gasteiger partial charge in [-0.05, 0) is 11.6 Å². The molecular weight excluding hydrogens is 226 g/mol. The van der Waals surface area contributed by atoms with Crippen molar-refractivity contribution in [2.45, 2.75) is 6.42 Å². The van der Waals surface area contributed by atoms with Crippen molar-refractivity contribution in [1.29, 1.82) is 0 Å². The van der Waals surface area contributed by atoms with Crippen LogP contribution in [0.5, 0.6) is 5.75 Å². The van der Waals surface area contributed by atoms with E-state index in [-0.39, 0.29) is 0 Å². The van der Waals surface area contributed by atoms with Gasteiger partial charge in [-0.3, -0.25) is 0 Å². The smallest absolute Gasteiger partial charge is 0.122 e. The van der Waals surface area contributed by atoms with Crippen molar-refractivity contribution in [1.82, 2.24) is 0 Å². The average molecular weight is 241 g/mol. The van der Waals surface area contributed by atoms with Gasteiger partial charge in [0.25, 0.3) is 0 Å². The Morgan fingerprint density at radius 2 is 1.72 bits per heavy atom. The van der Waals surface area contributed by atoms with Crippen molar-refractivity contribution < 1.29 is 9.94 Å². The van der Waals surface area contributed by atoms with Crippen molar-refractivity contribution in [3.05, 3.63) is 65.7 Å². The highest BCUT2D eigenvalue weighted by atomic mass is 16.5. The van der Waals surface area contributed by atoms with E-state index < -0.39 is 0 Å². The molecular formula is C15H15NO2. The number of nitrogens with zero attached hydrogens (tertiary/aromatic N) is 1. The fraction of sp³-hybridized carbons (Fsp3) is 0.133. The van der Waals surface area contributed by atoms with Crippen LogP contribution in [0.4, 0.5) is 0 Å². The van der Waals surface area contributed by atoms with Gasteiger partial charge in [-0.25, -0.2) is 0 Å². The molecule has 0 saturated carbocycles. The standard InChI is InChI=1S/C15H15NO2/c1-18-15-10-6-5-9-13(15)11-14(16-17)12-7-3-2-4-8-12/h2-10,17H,11H2,1H3. The van der Waals surface area contributed by atoms with Crippen LogP contribution >= 0.6 is 0 Å². The summed E-state index contributed by atoms with van der Waals surface area (Å²) in [6.07, 6.45) is 0.532. The Morgan fingerprint density at radius 1 is 1.06 bits per heavy atom. The molecule has 1 N–H and O–H groups in total. The van der Waals surface area contributed by atoms with Crippen molar-refractivity contribution in [3.8, 4) is 5.75 Å². The van der Waals surface area contributed by atoms with Gasteiger partial charge in [0.1, 0.15) is 5.75 Å². The van der Waals surface area contributed by atoms with Gasteiger partial charge in [0.2, 0.25) is 0 Å². The van der Waals surface area contributed by atoms with Gasteiger partial charge >= 0.3 is 0 Å². The van der Waals surface area contributed by atoms with Crippen molar-refractivity contribution in [2.75, 3.05) is 7.11 Å². The summed E-state index contributed by atoms with van der Waals surface area (Å²) in [5.74, 6) is 0.801. The van der Waals surface area contributed by atoms with Gasteiger partial charge in [0.15, 0.2) is 0 Å². The molecule has 0 heterocycles. The van der Waals surface area contributed by atoms with E-state index in [1.54, 1.807) is 7.11 Å². The van der Waals surface area contributed by atoms with Gasteiger partial charge in [-0.2, -0.15) is 0 Å². The van der Waals surface area contributed by atoms with Crippen LogP contribution in [-0.2, 0) is 6.42 Å². The number of para-hydroxylation sites is 1. The Bertz CT molecular complexity index is 535. The maximum atomic E-state index is 9.15. The van der Waals surface area contributed by atoms with Crippen molar-refractivity contribution in [3.63, 3.8) is 0 Å². The molecule has 0 bridgehead atoms. The fourth-order valence-corrected chi connectivity index (χ4v) is 1.86. The summed E-state index contributed by atoms with van der Waals surface area (Å²) in [6.45, 7) is 0. The van der Waals surface area contributed by atoms with Gasteiger partial charge < -0.3 is 9.94 Å². The second-order valence-electron chi connectivity index (χ2n) is 3.90. The molecule has 2 rings (SSSR count). The highest BCUT2D eigenvalue weighted by Gasteiger charge is 2.08. The molecule has 2 aromatic carbocycles. The summed E-state index contributed by atoms with van der Waals surface area (Å²) in [5.41, 5.74) is 2.53. The van der Waals surface area contributed by atoms with E-state index in [4.69, 9.17) is 9.94 Å². The molecule has 0 saturated heterocycles. The van der Waals surface area contributed by atoms with E-state index in [9.17, 15) is 0 Å². The fourth-order valence-electron chi connectivity index (χ4n) is 1.86. The molecule has 0 aromatic heterocycles. The number of benzene rings is 2. The first-order valence-corrected chi connectivity index (χ1v) is 5.73. The zero-order valence-corrected chi connectivity index (χ0v) is 10.2. The maximum Gasteiger partial charge on any atom is 0.122 e. The van der Waals surface area contributed by atoms with Crippen LogP contribution in [-0.4, -0.2) is 18.0 Å². The summed E-state index contributed by atoms with van der Waals surface area (Å²) in [4.78, 5) is 0. The number of rotatable bonds is 4. The maximum absolute atomic E-state index is 9.15. The first kappa shape index (κ1) is 12.2. The molecule has 0 atom stereocenters.